The Morgan fingerprint density at radius 3 is 2.83 bits per heavy atom. The first-order valence-corrected chi connectivity index (χ1v) is 6.48. The molecule has 0 radical (unpaired) electrons. The second kappa shape index (κ2) is 6.03. The number of fused-ring (bicyclic) bond motifs is 1. The van der Waals surface area contributed by atoms with E-state index in [0.29, 0.717) is 5.15 Å². The van der Waals surface area contributed by atoms with Gasteiger partial charge in [-0.1, -0.05) is 29.8 Å². The molecule has 3 nitrogen and oxygen atoms in total. The van der Waals surface area contributed by atoms with Crippen LogP contribution in [0.15, 0.2) is 30.3 Å². The lowest BCUT2D eigenvalue weighted by molar-refractivity contribution is 0.405. The monoisotopic (exact) mass is 263 g/mol. The van der Waals surface area contributed by atoms with Crippen LogP contribution in [0.2, 0.25) is 5.15 Å². The van der Waals surface area contributed by atoms with Gasteiger partial charge in [-0.05, 0) is 39.2 Å². The molecule has 0 unspecified atom stereocenters. The SMILES string of the molecule is CN(C)CCCNc1cc(Cl)nc2ccccc12. The molecule has 0 bridgehead atoms. The highest BCUT2D eigenvalue weighted by molar-refractivity contribution is 6.30. The number of para-hydroxylation sites is 1. The van der Waals surface area contributed by atoms with Crippen LogP contribution < -0.4 is 5.32 Å². The van der Waals surface area contributed by atoms with Crippen LogP contribution in [0.4, 0.5) is 5.69 Å². The first-order chi connectivity index (χ1) is 8.66. The van der Waals surface area contributed by atoms with Crippen molar-refractivity contribution in [1.82, 2.24) is 9.88 Å². The fraction of sp³-hybridized carbons (Fsp3) is 0.357. The second-order valence-electron chi connectivity index (χ2n) is 4.59. The van der Waals surface area contributed by atoms with E-state index in [0.717, 1.165) is 36.1 Å². The van der Waals surface area contributed by atoms with Gasteiger partial charge in [0.2, 0.25) is 0 Å². The molecule has 0 aliphatic rings. The van der Waals surface area contributed by atoms with E-state index in [1.165, 1.54) is 0 Å². The van der Waals surface area contributed by atoms with Gasteiger partial charge in [0.05, 0.1) is 5.52 Å². The standard InChI is InChI=1S/C14H18ClN3/c1-18(2)9-5-8-16-13-10-14(15)17-12-7-4-3-6-11(12)13/h3-4,6-7,10H,5,8-9H2,1-2H3,(H,16,17). The molecule has 1 N–H and O–H groups in total. The molecule has 4 heteroatoms. The first-order valence-electron chi connectivity index (χ1n) is 6.11. The molecule has 1 heterocycles. The Bertz CT molecular complexity index is 525. The molecule has 2 rings (SSSR count). The molecule has 0 atom stereocenters. The molecule has 0 aliphatic heterocycles. The first kappa shape index (κ1) is 13.1. The summed E-state index contributed by atoms with van der Waals surface area (Å²) in [6, 6.07) is 9.92. The molecule has 1 aromatic heterocycles. The number of nitrogens with zero attached hydrogens (tertiary/aromatic N) is 2. The number of nitrogens with one attached hydrogen (secondary N) is 1. The van der Waals surface area contributed by atoms with Gasteiger partial charge in [0, 0.05) is 17.6 Å². The van der Waals surface area contributed by atoms with Gasteiger partial charge in [0.15, 0.2) is 0 Å². The van der Waals surface area contributed by atoms with E-state index in [9.17, 15) is 0 Å². The average molecular weight is 264 g/mol. The van der Waals surface area contributed by atoms with Crippen molar-refractivity contribution < 1.29 is 0 Å². The number of halogens is 1. The number of anilines is 1. The fourth-order valence-electron chi connectivity index (χ4n) is 1.91. The zero-order valence-electron chi connectivity index (χ0n) is 10.8. The third-order valence-corrected chi connectivity index (χ3v) is 2.98. The highest BCUT2D eigenvalue weighted by Gasteiger charge is 2.03. The van der Waals surface area contributed by atoms with E-state index in [1.54, 1.807) is 0 Å². The predicted octanol–water partition coefficient (Wildman–Crippen LogP) is 3.25. The van der Waals surface area contributed by atoms with Crippen LogP contribution in [0.25, 0.3) is 10.9 Å². The summed E-state index contributed by atoms with van der Waals surface area (Å²) in [6.07, 6.45) is 1.10. The molecule has 0 saturated carbocycles. The summed E-state index contributed by atoms with van der Waals surface area (Å²) in [5.74, 6) is 0. The smallest absolute Gasteiger partial charge is 0.131 e. The van der Waals surface area contributed by atoms with E-state index >= 15 is 0 Å². The van der Waals surface area contributed by atoms with Gasteiger partial charge in [-0.2, -0.15) is 0 Å². The number of hydrogen-bond acceptors (Lipinski definition) is 3. The topological polar surface area (TPSA) is 28.2 Å². The van der Waals surface area contributed by atoms with Gasteiger partial charge in [0.1, 0.15) is 5.15 Å². The van der Waals surface area contributed by atoms with Crippen LogP contribution in [0.3, 0.4) is 0 Å². The Labute approximate surface area is 113 Å². The average Bonchev–Trinajstić information content (AvgIpc) is 2.34. The quantitative estimate of drug-likeness (QED) is 0.663. The maximum Gasteiger partial charge on any atom is 0.131 e. The van der Waals surface area contributed by atoms with Crippen LogP contribution in [-0.2, 0) is 0 Å². The molecular weight excluding hydrogens is 246 g/mol. The minimum atomic E-state index is 0.531. The lowest BCUT2D eigenvalue weighted by Crippen LogP contribution is -2.16. The Balaban J connectivity index is 2.12. The molecule has 1 aromatic carbocycles. The maximum absolute atomic E-state index is 6.03. The normalized spacial score (nSPS) is 11.1. The molecular formula is C14H18ClN3. The van der Waals surface area contributed by atoms with Gasteiger partial charge in [-0.15, -0.1) is 0 Å². The molecule has 0 amide bonds. The summed E-state index contributed by atoms with van der Waals surface area (Å²) in [4.78, 5) is 6.49. The van der Waals surface area contributed by atoms with Crippen molar-refractivity contribution in [1.29, 1.82) is 0 Å². The molecule has 18 heavy (non-hydrogen) atoms. The number of aromatic nitrogens is 1. The lowest BCUT2D eigenvalue weighted by Gasteiger charge is -2.12. The zero-order chi connectivity index (χ0) is 13.0. The van der Waals surface area contributed by atoms with Gasteiger partial charge >= 0.3 is 0 Å². The van der Waals surface area contributed by atoms with Crippen molar-refractivity contribution >= 4 is 28.2 Å². The van der Waals surface area contributed by atoms with Gasteiger partial charge < -0.3 is 10.2 Å². The van der Waals surface area contributed by atoms with Crippen LogP contribution in [-0.4, -0.2) is 37.1 Å². The number of hydrogen-bond donors (Lipinski definition) is 1. The molecule has 2 aromatic rings. The molecule has 96 valence electrons. The lowest BCUT2D eigenvalue weighted by atomic mass is 10.2. The minimum Gasteiger partial charge on any atom is -0.384 e. The van der Waals surface area contributed by atoms with Crippen molar-refractivity contribution in [2.75, 3.05) is 32.5 Å². The van der Waals surface area contributed by atoms with Gasteiger partial charge in [-0.25, -0.2) is 4.98 Å². The summed E-state index contributed by atoms with van der Waals surface area (Å²) >= 11 is 6.03. The molecule has 0 spiro atoms. The largest absolute Gasteiger partial charge is 0.384 e. The maximum atomic E-state index is 6.03. The third-order valence-electron chi connectivity index (χ3n) is 2.78. The summed E-state index contributed by atoms with van der Waals surface area (Å²) in [5.41, 5.74) is 1.99. The van der Waals surface area contributed by atoms with E-state index in [2.05, 4.69) is 35.4 Å². The van der Waals surface area contributed by atoms with Gasteiger partial charge in [-0.3, -0.25) is 0 Å². The van der Waals surface area contributed by atoms with Crippen molar-refractivity contribution in [3.8, 4) is 0 Å². The molecule has 0 aliphatic carbocycles. The Hall–Kier alpha value is -1.32. The van der Waals surface area contributed by atoms with Gasteiger partial charge in [0.25, 0.3) is 0 Å². The minimum absolute atomic E-state index is 0.531. The number of pyridine rings is 1. The fourth-order valence-corrected chi connectivity index (χ4v) is 2.11. The Morgan fingerprint density at radius 1 is 1.28 bits per heavy atom. The van der Waals surface area contributed by atoms with Crippen LogP contribution in [0.1, 0.15) is 6.42 Å². The van der Waals surface area contributed by atoms with E-state index in [1.807, 2.05) is 24.3 Å². The highest BCUT2D eigenvalue weighted by Crippen LogP contribution is 2.24. The second-order valence-corrected chi connectivity index (χ2v) is 4.98. The van der Waals surface area contributed by atoms with E-state index in [4.69, 9.17) is 11.6 Å². The molecule has 0 saturated heterocycles. The van der Waals surface area contributed by atoms with Crippen molar-refractivity contribution in [2.45, 2.75) is 6.42 Å². The van der Waals surface area contributed by atoms with Crippen LogP contribution >= 0.6 is 11.6 Å². The highest BCUT2D eigenvalue weighted by atomic mass is 35.5. The number of rotatable bonds is 5. The van der Waals surface area contributed by atoms with E-state index < -0.39 is 0 Å². The zero-order valence-corrected chi connectivity index (χ0v) is 11.5. The van der Waals surface area contributed by atoms with Crippen LogP contribution in [0.5, 0.6) is 0 Å². The summed E-state index contributed by atoms with van der Waals surface area (Å²) in [5, 5.41) is 5.08. The summed E-state index contributed by atoms with van der Waals surface area (Å²) in [7, 11) is 4.16. The van der Waals surface area contributed by atoms with Crippen molar-refractivity contribution in [3.63, 3.8) is 0 Å². The Kier molecular flexibility index (Phi) is 4.39. The third kappa shape index (κ3) is 3.34. The predicted molar refractivity (Wildman–Crippen MR) is 78.4 cm³/mol. The Morgan fingerprint density at radius 2 is 2.06 bits per heavy atom. The number of benzene rings is 1. The van der Waals surface area contributed by atoms with E-state index in [-0.39, 0.29) is 0 Å². The summed E-state index contributed by atoms with van der Waals surface area (Å²) in [6.45, 7) is 2.01. The molecule has 0 fully saturated rings. The van der Waals surface area contributed by atoms with Crippen molar-refractivity contribution in [2.24, 2.45) is 0 Å². The summed E-state index contributed by atoms with van der Waals surface area (Å²) < 4.78 is 0. The van der Waals surface area contributed by atoms with Crippen molar-refractivity contribution in [3.05, 3.63) is 35.5 Å². The van der Waals surface area contributed by atoms with Crippen LogP contribution in [0, 0.1) is 0 Å².